The highest BCUT2D eigenvalue weighted by molar-refractivity contribution is 5.85. The van der Waals surface area contributed by atoms with Crippen LogP contribution in [0, 0.1) is 5.92 Å². The van der Waals surface area contributed by atoms with Crippen LogP contribution in [-0.2, 0) is 11.2 Å². The Morgan fingerprint density at radius 2 is 1.80 bits per heavy atom. The topological polar surface area (TPSA) is 41.6 Å². The average Bonchev–Trinajstić information content (AvgIpc) is 2.91. The lowest BCUT2D eigenvalue weighted by Gasteiger charge is -2.35. The van der Waals surface area contributed by atoms with Crippen LogP contribution in [-0.4, -0.2) is 42.6 Å². The number of nitrogens with one attached hydrogen (secondary N) is 1. The Morgan fingerprint density at radius 3 is 2.36 bits per heavy atom. The maximum Gasteiger partial charge on any atom is 0.226 e. The lowest BCUT2D eigenvalue weighted by molar-refractivity contribution is -0.131. The van der Waals surface area contributed by atoms with Crippen LogP contribution >= 0.6 is 12.4 Å². The fourth-order valence-corrected chi connectivity index (χ4v) is 3.81. The van der Waals surface area contributed by atoms with Crippen LogP contribution < -0.4 is 10.1 Å². The van der Waals surface area contributed by atoms with E-state index in [0.717, 1.165) is 30.8 Å². The van der Waals surface area contributed by atoms with Gasteiger partial charge < -0.3 is 15.0 Å². The van der Waals surface area contributed by atoms with Gasteiger partial charge in [-0.3, -0.25) is 4.79 Å². The molecule has 2 fully saturated rings. The predicted octanol–water partition coefficient (Wildman–Crippen LogP) is 3.43. The summed E-state index contributed by atoms with van der Waals surface area (Å²) in [5.41, 5.74) is 1.06. The summed E-state index contributed by atoms with van der Waals surface area (Å²) in [5.74, 6) is 1.61. The molecule has 4 nitrogen and oxygen atoms in total. The molecule has 2 aliphatic heterocycles. The molecule has 2 saturated heterocycles. The van der Waals surface area contributed by atoms with Crippen molar-refractivity contribution in [1.82, 2.24) is 10.2 Å². The van der Waals surface area contributed by atoms with Gasteiger partial charge in [-0.15, -0.1) is 12.4 Å². The molecule has 3 rings (SSSR count). The third-order valence-electron chi connectivity index (χ3n) is 5.25. The van der Waals surface area contributed by atoms with Crippen LogP contribution in [0.15, 0.2) is 24.3 Å². The second-order valence-corrected chi connectivity index (χ2v) is 7.79. The molecule has 0 saturated carbocycles. The molecule has 1 aromatic carbocycles. The van der Waals surface area contributed by atoms with Gasteiger partial charge in [0.25, 0.3) is 0 Å². The highest BCUT2D eigenvalue weighted by Crippen LogP contribution is 2.29. The summed E-state index contributed by atoms with van der Waals surface area (Å²) in [7, 11) is 1.97. The van der Waals surface area contributed by atoms with Crippen molar-refractivity contribution in [3.05, 3.63) is 29.8 Å². The van der Waals surface area contributed by atoms with E-state index in [1.54, 1.807) is 0 Å². The minimum Gasteiger partial charge on any atom is -0.493 e. The first-order valence-electron chi connectivity index (χ1n) is 9.24. The fraction of sp³-hybridized carbons (Fsp3) is 0.650. The van der Waals surface area contributed by atoms with Crippen molar-refractivity contribution in [2.45, 2.75) is 64.1 Å². The number of rotatable bonds is 6. The SMILES string of the molecule is CC(C)COc1ccc(CC(=O)N(C)C2CC3CCC(C2)N3)cc1.Cl. The highest BCUT2D eigenvalue weighted by Gasteiger charge is 2.36. The number of piperidine rings is 1. The van der Waals surface area contributed by atoms with Gasteiger partial charge in [-0.2, -0.15) is 0 Å². The number of hydrogen-bond donors (Lipinski definition) is 1. The summed E-state index contributed by atoms with van der Waals surface area (Å²) in [6.07, 6.45) is 5.20. The molecule has 2 heterocycles. The zero-order valence-electron chi connectivity index (χ0n) is 15.5. The average molecular weight is 367 g/mol. The quantitative estimate of drug-likeness (QED) is 0.838. The van der Waals surface area contributed by atoms with Gasteiger partial charge >= 0.3 is 0 Å². The summed E-state index contributed by atoms with van der Waals surface area (Å²) in [4.78, 5) is 14.6. The van der Waals surface area contributed by atoms with Crippen molar-refractivity contribution in [1.29, 1.82) is 0 Å². The molecule has 140 valence electrons. The van der Waals surface area contributed by atoms with E-state index >= 15 is 0 Å². The van der Waals surface area contributed by atoms with Crippen LogP contribution in [0.5, 0.6) is 5.75 Å². The maximum atomic E-state index is 12.6. The minimum atomic E-state index is 0. The Bertz CT molecular complexity index is 549. The van der Waals surface area contributed by atoms with E-state index in [4.69, 9.17) is 4.74 Å². The maximum absolute atomic E-state index is 12.6. The summed E-state index contributed by atoms with van der Waals surface area (Å²) < 4.78 is 5.70. The summed E-state index contributed by atoms with van der Waals surface area (Å²) in [6, 6.07) is 9.57. The first kappa shape index (κ1) is 20.1. The largest absolute Gasteiger partial charge is 0.493 e. The van der Waals surface area contributed by atoms with Crippen LogP contribution in [0.2, 0.25) is 0 Å². The Balaban J connectivity index is 0.00000225. The molecule has 1 aromatic rings. The van der Waals surface area contributed by atoms with Crippen molar-refractivity contribution in [3.8, 4) is 5.75 Å². The van der Waals surface area contributed by atoms with Crippen LogP contribution in [0.1, 0.15) is 45.1 Å². The Morgan fingerprint density at radius 1 is 1.20 bits per heavy atom. The normalized spacial score (nSPS) is 24.7. The molecule has 5 heteroatoms. The zero-order chi connectivity index (χ0) is 17.1. The predicted molar refractivity (Wildman–Crippen MR) is 103 cm³/mol. The highest BCUT2D eigenvalue weighted by atomic mass is 35.5. The van der Waals surface area contributed by atoms with E-state index in [0.29, 0.717) is 30.5 Å². The number of benzene rings is 1. The molecule has 2 aliphatic rings. The molecule has 2 atom stereocenters. The third kappa shape index (κ3) is 5.35. The van der Waals surface area contributed by atoms with Crippen molar-refractivity contribution >= 4 is 18.3 Å². The summed E-state index contributed by atoms with van der Waals surface area (Å²) in [6.45, 7) is 4.99. The Kier molecular flexibility index (Phi) is 7.14. The van der Waals surface area contributed by atoms with Gasteiger partial charge in [0.05, 0.1) is 13.0 Å². The number of amides is 1. The molecule has 1 amide bonds. The number of likely N-dealkylation sites (N-methyl/N-ethyl adjacent to an activating group) is 1. The molecule has 25 heavy (non-hydrogen) atoms. The van der Waals surface area contributed by atoms with Crippen molar-refractivity contribution in [2.75, 3.05) is 13.7 Å². The number of hydrogen-bond acceptors (Lipinski definition) is 3. The van der Waals surface area contributed by atoms with Crippen LogP contribution in [0.3, 0.4) is 0 Å². The van der Waals surface area contributed by atoms with Crippen molar-refractivity contribution in [3.63, 3.8) is 0 Å². The third-order valence-corrected chi connectivity index (χ3v) is 5.25. The van der Waals surface area contributed by atoms with E-state index in [1.165, 1.54) is 12.8 Å². The van der Waals surface area contributed by atoms with Gasteiger partial charge in [0.15, 0.2) is 0 Å². The molecule has 2 bridgehead atoms. The molecular weight excluding hydrogens is 336 g/mol. The second kappa shape index (κ2) is 8.91. The molecule has 1 N–H and O–H groups in total. The van der Waals surface area contributed by atoms with Crippen LogP contribution in [0.4, 0.5) is 0 Å². The molecule has 0 spiro atoms. The number of fused-ring (bicyclic) bond motifs is 2. The Hall–Kier alpha value is -1.26. The number of carbonyl (C=O) groups is 1. The van der Waals surface area contributed by atoms with E-state index < -0.39 is 0 Å². The fourth-order valence-electron chi connectivity index (χ4n) is 3.81. The van der Waals surface area contributed by atoms with Gasteiger partial charge in [-0.05, 0) is 49.3 Å². The molecule has 2 unspecified atom stereocenters. The van der Waals surface area contributed by atoms with E-state index in [1.807, 2.05) is 36.2 Å². The first-order valence-corrected chi connectivity index (χ1v) is 9.24. The van der Waals surface area contributed by atoms with Gasteiger partial charge in [0, 0.05) is 25.2 Å². The van der Waals surface area contributed by atoms with Gasteiger partial charge in [0.1, 0.15) is 5.75 Å². The lowest BCUT2D eigenvalue weighted by atomic mass is 9.98. The van der Waals surface area contributed by atoms with Crippen LogP contribution in [0.25, 0.3) is 0 Å². The summed E-state index contributed by atoms with van der Waals surface area (Å²) >= 11 is 0. The Labute approximate surface area is 157 Å². The van der Waals surface area contributed by atoms with Gasteiger partial charge in [-0.25, -0.2) is 0 Å². The van der Waals surface area contributed by atoms with E-state index in [9.17, 15) is 4.79 Å². The molecule has 0 radical (unpaired) electrons. The first-order chi connectivity index (χ1) is 11.5. The smallest absolute Gasteiger partial charge is 0.226 e. The number of carbonyl (C=O) groups excluding carboxylic acids is 1. The van der Waals surface area contributed by atoms with E-state index in [2.05, 4.69) is 19.2 Å². The number of nitrogens with zero attached hydrogens (tertiary/aromatic N) is 1. The lowest BCUT2D eigenvalue weighted by Crippen LogP contribution is -2.49. The molecule has 0 aromatic heterocycles. The van der Waals surface area contributed by atoms with E-state index in [-0.39, 0.29) is 18.3 Å². The monoisotopic (exact) mass is 366 g/mol. The van der Waals surface area contributed by atoms with Crippen molar-refractivity contribution in [2.24, 2.45) is 5.92 Å². The standard InChI is InChI=1S/C20H30N2O2.ClH/c1-14(2)13-24-19-8-4-15(5-9-19)10-20(23)22(3)18-11-16-6-7-17(12-18)21-16;/h4-5,8-9,14,16-18,21H,6-7,10-13H2,1-3H3;1H. The zero-order valence-corrected chi connectivity index (χ0v) is 16.3. The number of ether oxygens (including phenoxy) is 1. The number of halogens is 1. The van der Waals surface area contributed by atoms with Gasteiger partial charge in [0.2, 0.25) is 5.91 Å². The van der Waals surface area contributed by atoms with Gasteiger partial charge in [-0.1, -0.05) is 26.0 Å². The summed E-state index contributed by atoms with van der Waals surface area (Å²) in [5, 5.41) is 3.64. The van der Waals surface area contributed by atoms with Crippen molar-refractivity contribution < 1.29 is 9.53 Å². The molecule has 0 aliphatic carbocycles. The molecular formula is C20H31ClN2O2. The second-order valence-electron chi connectivity index (χ2n) is 7.79. The minimum absolute atomic E-state index is 0.